The van der Waals surface area contributed by atoms with Crippen LogP contribution in [0.3, 0.4) is 0 Å². The van der Waals surface area contributed by atoms with Crippen molar-refractivity contribution in [3.63, 3.8) is 0 Å². The summed E-state index contributed by atoms with van der Waals surface area (Å²) in [6, 6.07) is 6.28. The molecule has 1 aliphatic rings. The molecule has 1 aliphatic heterocycles. The van der Waals surface area contributed by atoms with Crippen LogP contribution in [0, 0.1) is 5.92 Å². The quantitative estimate of drug-likeness (QED) is 0.800. The standard InChI is InChI=1S/C16H20N2O5/c1-22-16(21)12-6-8-18(9-7-12)14(19)10-23-13-4-2-11(3-5-13)15(17)20/h2-5,12H,6-10H2,1H3,(H2,17,20). The van der Waals surface area contributed by atoms with Crippen LogP contribution in [0.4, 0.5) is 0 Å². The minimum atomic E-state index is -0.513. The minimum Gasteiger partial charge on any atom is -0.484 e. The molecule has 7 nitrogen and oxygen atoms in total. The third kappa shape index (κ3) is 4.45. The lowest BCUT2D eigenvalue weighted by atomic mass is 9.97. The first-order valence-electron chi connectivity index (χ1n) is 7.39. The van der Waals surface area contributed by atoms with Gasteiger partial charge in [-0.05, 0) is 37.1 Å². The first-order chi connectivity index (χ1) is 11.0. The molecule has 0 bridgehead atoms. The highest BCUT2D eigenvalue weighted by molar-refractivity contribution is 5.92. The molecule has 0 aromatic heterocycles. The fraction of sp³-hybridized carbons (Fsp3) is 0.438. The van der Waals surface area contributed by atoms with E-state index in [1.165, 1.54) is 7.11 Å². The molecular weight excluding hydrogens is 300 g/mol. The molecule has 0 spiro atoms. The molecule has 2 rings (SSSR count). The Bertz CT molecular complexity index is 577. The number of benzene rings is 1. The van der Waals surface area contributed by atoms with Crippen molar-refractivity contribution < 1.29 is 23.9 Å². The molecule has 124 valence electrons. The number of rotatable bonds is 5. The molecular formula is C16H20N2O5. The van der Waals surface area contributed by atoms with E-state index in [-0.39, 0.29) is 24.4 Å². The van der Waals surface area contributed by atoms with E-state index in [1.807, 2.05) is 0 Å². The topological polar surface area (TPSA) is 98.9 Å². The zero-order chi connectivity index (χ0) is 16.8. The van der Waals surface area contributed by atoms with Gasteiger partial charge in [0.05, 0.1) is 13.0 Å². The number of nitrogens with zero attached hydrogens (tertiary/aromatic N) is 1. The van der Waals surface area contributed by atoms with Crippen molar-refractivity contribution in [3.05, 3.63) is 29.8 Å². The summed E-state index contributed by atoms with van der Waals surface area (Å²) >= 11 is 0. The molecule has 1 aromatic carbocycles. The van der Waals surface area contributed by atoms with Gasteiger partial charge in [0.1, 0.15) is 5.75 Å². The van der Waals surface area contributed by atoms with E-state index in [2.05, 4.69) is 0 Å². The van der Waals surface area contributed by atoms with Crippen LogP contribution in [0.5, 0.6) is 5.75 Å². The zero-order valence-electron chi connectivity index (χ0n) is 13.0. The van der Waals surface area contributed by atoms with Crippen LogP contribution in [-0.4, -0.2) is 49.5 Å². The molecule has 1 saturated heterocycles. The van der Waals surface area contributed by atoms with Crippen LogP contribution >= 0.6 is 0 Å². The fourth-order valence-corrected chi connectivity index (χ4v) is 2.48. The normalized spacial score (nSPS) is 15.1. The van der Waals surface area contributed by atoms with Gasteiger partial charge < -0.3 is 20.1 Å². The van der Waals surface area contributed by atoms with Gasteiger partial charge in [0.15, 0.2) is 6.61 Å². The first kappa shape index (κ1) is 16.8. The third-order valence-corrected chi connectivity index (χ3v) is 3.88. The maximum Gasteiger partial charge on any atom is 0.308 e. The van der Waals surface area contributed by atoms with Gasteiger partial charge in [0, 0.05) is 18.7 Å². The highest BCUT2D eigenvalue weighted by atomic mass is 16.5. The molecule has 1 heterocycles. The summed E-state index contributed by atoms with van der Waals surface area (Å²) in [5.74, 6) is -0.504. The lowest BCUT2D eigenvalue weighted by Crippen LogP contribution is -2.42. The van der Waals surface area contributed by atoms with Gasteiger partial charge in [-0.25, -0.2) is 0 Å². The Kier molecular flexibility index (Phi) is 5.56. The Labute approximate surface area is 134 Å². The number of likely N-dealkylation sites (tertiary alicyclic amines) is 1. The van der Waals surface area contributed by atoms with Crippen LogP contribution < -0.4 is 10.5 Å². The number of amides is 2. The van der Waals surface area contributed by atoms with E-state index >= 15 is 0 Å². The molecule has 0 atom stereocenters. The van der Waals surface area contributed by atoms with Gasteiger partial charge in [-0.15, -0.1) is 0 Å². The number of carbonyl (C=O) groups is 3. The number of hydrogen-bond donors (Lipinski definition) is 1. The van der Waals surface area contributed by atoms with Crippen molar-refractivity contribution in [2.24, 2.45) is 11.7 Å². The zero-order valence-corrected chi connectivity index (χ0v) is 13.0. The van der Waals surface area contributed by atoms with Gasteiger partial charge >= 0.3 is 5.97 Å². The SMILES string of the molecule is COC(=O)C1CCN(C(=O)COc2ccc(C(N)=O)cc2)CC1. The molecule has 0 unspecified atom stereocenters. The van der Waals surface area contributed by atoms with Gasteiger partial charge in [-0.1, -0.05) is 0 Å². The number of hydrogen-bond acceptors (Lipinski definition) is 5. The summed E-state index contributed by atoms with van der Waals surface area (Å²) in [7, 11) is 1.37. The molecule has 1 fully saturated rings. The van der Waals surface area contributed by atoms with Crippen LogP contribution in [0.25, 0.3) is 0 Å². The molecule has 23 heavy (non-hydrogen) atoms. The van der Waals surface area contributed by atoms with Crippen LogP contribution in [0.1, 0.15) is 23.2 Å². The largest absolute Gasteiger partial charge is 0.484 e. The number of primary amides is 1. The smallest absolute Gasteiger partial charge is 0.308 e. The van der Waals surface area contributed by atoms with Crippen LogP contribution in [0.2, 0.25) is 0 Å². The molecule has 0 aliphatic carbocycles. The van der Waals surface area contributed by atoms with Gasteiger partial charge in [-0.2, -0.15) is 0 Å². The van der Waals surface area contributed by atoms with Crippen molar-refractivity contribution in [1.82, 2.24) is 4.90 Å². The summed E-state index contributed by atoms with van der Waals surface area (Å²) in [6.07, 6.45) is 1.21. The average molecular weight is 320 g/mol. The number of piperidine rings is 1. The highest BCUT2D eigenvalue weighted by Crippen LogP contribution is 2.19. The Morgan fingerprint density at radius 1 is 1.17 bits per heavy atom. The highest BCUT2D eigenvalue weighted by Gasteiger charge is 2.27. The summed E-state index contributed by atoms with van der Waals surface area (Å²) in [5.41, 5.74) is 5.54. The summed E-state index contributed by atoms with van der Waals surface area (Å²) in [5, 5.41) is 0. The maximum absolute atomic E-state index is 12.1. The second-order valence-corrected chi connectivity index (χ2v) is 5.36. The number of carbonyl (C=O) groups excluding carboxylic acids is 3. The van der Waals surface area contributed by atoms with E-state index in [1.54, 1.807) is 29.2 Å². The van der Waals surface area contributed by atoms with Crippen molar-refractivity contribution >= 4 is 17.8 Å². The number of ether oxygens (including phenoxy) is 2. The molecule has 2 amide bonds. The molecule has 0 saturated carbocycles. The van der Waals surface area contributed by atoms with E-state index in [4.69, 9.17) is 15.2 Å². The monoisotopic (exact) mass is 320 g/mol. The fourth-order valence-electron chi connectivity index (χ4n) is 2.48. The molecule has 7 heteroatoms. The lowest BCUT2D eigenvalue weighted by Gasteiger charge is -2.30. The Morgan fingerprint density at radius 2 is 1.78 bits per heavy atom. The van der Waals surface area contributed by atoms with E-state index in [0.29, 0.717) is 37.2 Å². The Hall–Kier alpha value is -2.57. The van der Waals surface area contributed by atoms with E-state index < -0.39 is 5.91 Å². The third-order valence-electron chi connectivity index (χ3n) is 3.88. The Morgan fingerprint density at radius 3 is 2.30 bits per heavy atom. The Balaban J connectivity index is 1.79. The van der Waals surface area contributed by atoms with Crippen molar-refractivity contribution in [2.45, 2.75) is 12.8 Å². The predicted octanol–water partition coefficient (Wildman–Crippen LogP) is 0.576. The second kappa shape index (κ2) is 7.62. The van der Waals surface area contributed by atoms with Crippen molar-refractivity contribution in [2.75, 3.05) is 26.8 Å². The minimum absolute atomic E-state index is 0.0845. The van der Waals surface area contributed by atoms with Crippen molar-refractivity contribution in [3.8, 4) is 5.75 Å². The first-order valence-corrected chi connectivity index (χ1v) is 7.39. The summed E-state index contributed by atoms with van der Waals surface area (Å²) in [6.45, 7) is 0.948. The van der Waals surface area contributed by atoms with E-state index in [9.17, 15) is 14.4 Å². The number of nitrogens with two attached hydrogens (primary N) is 1. The van der Waals surface area contributed by atoms with Gasteiger partial charge in [-0.3, -0.25) is 14.4 Å². The van der Waals surface area contributed by atoms with Gasteiger partial charge in [0.25, 0.3) is 5.91 Å². The molecule has 0 radical (unpaired) electrons. The molecule has 2 N–H and O–H groups in total. The number of esters is 1. The summed E-state index contributed by atoms with van der Waals surface area (Å²) in [4.78, 5) is 36.2. The predicted molar refractivity (Wildman–Crippen MR) is 81.8 cm³/mol. The lowest BCUT2D eigenvalue weighted by molar-refractivity contribution is -0.149. The molecule has 1 aromatic rings. The van der Waals surface area contributed by atoms with Crippen LogP contribution in [-0.2, 0) is 14.3 Å². The maximum atomic E-state index is 12.1. The summed E-state index contributed by atoms with van der Waals surface area (Å²) < 4.78 is 10.1. The van der Waals surface area contributed by atoms with Gasteiger partial charge in [0.2, 0.25) is 5.91 Å². The second-order valence-electron chi connectivity index (χ2n) is 5.36. The van der Waals surface area contributed by atoms with E-state index in [0.717, 1.165) is 0 Å². The number of methoxy groups -OCH3 is 1. The van der Waals surface area contributed by atoms with Crippen molar-refractivity contribution in [1.29, 1.82) is 0 Å². The average Bonchev–Trinajstić information content (AvgIpc) is 2.59. The van der Waals surface area contributed by atoms with Crippen LogP contribution in [0.15, 0.2) is 24.3 Å².